The maximum absolute atomic E-state index is 11.1. The fourth-order valence-electron chi connectivity index (χ4n) is 1.79. The van der Waals surface area contributed by atoms with Gasteiger partial charge in [-0.15, -0.1) is 0 Å². The highest BCUT2D eigenvalue weighted by Crippen LogP contribution is 2.26. The van der Waals surface area contributed by atoms with Crippen LogP contribution in [0.2, 0.25) is 0 Å². The molecule has 0 aromatic rings. The van der Waals surface area contributed by atoms with Gasteiger partial charge in [-0.3, -0.25) is 0 Å². The van der Waals surface area contributed by atoms with Gasteiger partial charge in [0.15, 0.2) is 5.54 Å². The van der Waals surface area contributed by atoms with Gasteiger partial charge in [-0.05, 0) is 0 Å². The van der Waals surface area contributed by atoms with Gasteiger partial charge >= 0.3 is 5.97 Å². The first-order valence-electron chi connectivity index (χ1n) is 4.36. The minimum atomic E-state index is -0.694. The van der Waals surface area contributed by atoms with Crippen molar-refractivity contribution in [3.63, 3.8) is 0 Å². The summed E-state index contributed by atoms with van der Waals surface area (Å²) in [4.78, 5) is 11.1. The predicted octanol–water partition coefficient (Wildman–Crippen LogP) is 1.34. The smallest absolute Gasteiger partial charge is 0.365 e. The highest BCUT2D eigenvalue weighted by atomic mass is 16.4. The molecule has 0 aliphatic carbocycles. The van der Waals surface area contributed by atoms with Crippen molar-refractivity contribution in [1.29, 1.82) is 0 Å². The van der Waals surface area contributed by atoms with Gasteiger partial charge in [-0.1, -0.05) is 13.8 Å². The van der Waals surface area contributed by atoms with Crippen LogP contribution in [0.3, 0.4) is 0 Å². The molecule has 12 heavy (non-hydrogen) atoms. The number of likely N-dealkylation sites (N-methyl/N-ethyl adjacent to an activating group) is 1. The lowest BCUT2D eigenvalue weighted by molar-refractivity contribution is -0.914. The Bertz CT molecular complexity index is 166. The van der Waals surface area contributed by atoms with Crippen molar-refractivity contribution in [3.8, 4) is 0 Å². The Morgan fingerprint density at radius 3 is 1.58 bits per heavy atom. The van der Waals surface area contributed by atoms with Crippen LogP contribution in [0.1, 0.15) is 26.7 Å². The van der Waals surface area contributed by atoms with Crippen LogP contribution in [0.4, 0.5) is 0 Å². The predicted molar refractivity (Wildman–Crippen MR) is 49.0 cm³/mol. The summed E-state index contributed by atoms with van der Waals surface area (Å²) in [6.07, 6.45) is 1.34. The molecule has 0 radical (unpaired) electrons. The van der Waals surface area contributed by atoms with E-state index in [9.17, 15) is 4.79 Å². The molecule has 0 unspecified atom stereocenters. The number of quaternary nitrogens is 1. The molecule has 3 nitrogen and oxygen atoms in total. The van der Waals surface area contributed by atoms with Crippen molar-refractivity contribution in [2.24, 2.45) is 0 Å². The summed E-state index contributed by atoms with van der Waals surface area (Å²) in [5.74, 6) is -0.694. The van der Waals surface area contributed by atoms with Gasteiger partial charge in [-0.25, -0.2) is 4.79 Å². The van der Waals surface area contributed by atoms with E-state index in [0.717, 1.165) is 0 Å². The summed E-state index contributed by atoms with van der Waals surface area (Å²) in [6.45, 7) is 3.86. The van der Waals surface area contributed by atoms with Crippen molar-refractivity contribution < 1.29 is 14.4 Å². The third-order valence-corrected chi connectivity index (χ3v) is 2.85. The summed E-state index contributed by atoms with van der Waals surface area (Å²) in [5.41, 5.74) is -0.625. The van der Waals surface area contributed by atoms with E-state index in [0.29, 0.717) is 17.3 Å². The van der Waals surface area contributed by atoms with Gasteiger partial charge in [0.25, 0.3) is 0 Å². The van der Waals surface area contributed by atoms with Crippen LogP contribution < -0.4 is 0 Å². The fraction of sp³-hybridized carbons (Fsp3) is 0.889. The Hall–Kier alpha value is -0.570. The van der Waals surface area contributed by atoms with Crippen molar-refractivity contribution >= 4 is 5.97 Å². The summed E-state index contributed by atoms with van der Waals surface area (Å²) in [7, 11) is 5.80. The average molecular weight is 174 g/mol. The van der Waals surface area contributed by atoms with Crippen LogP contribution in [0.5, 0.6) is 0 Å². The molecule has 0 saturated carbocycles. The molecule has 0 aliphatic heterocycles. The third kappa shape index (κ3) is 1.61. The molecule has 3 heteroatoms. The number of hydrogen-bond acceptors (Lipinski definition) is 1. The maximum Gasteiger partial charge on any atom is 0.365 e. The third-order valence-electron chi connectivity index (χ3n) is 2.85. The SMILES string of the molecule is CCC(CC)(C(=O)O)[N+](C)(C)C. The van der Waals surface area contributed by atoms with E-state index in [1.165, 1.54) is 0 Å². The van der Waals surface area contributed by atoms with Gasteiger partial charge in [0.1, 0.15) is 0 Å². The number of hydrogen-bond donors (Lipinski definition) is 1. The second-order valence-corrected chi connectivity index (χ2v) is 4.06. The van der Waals surface area contributed by atoms with Crippen molar-refractivity contribution in [1.82, 2.24) is 0 Å². The summed E-state index contributed by atoms with van der Waals surface area (Å²) >= 11 is 0. The lowest BCUT2D eigenvalue weighted by atomic mass is 9.89. The van der Waals surface area contributed by atoms with Gasteiger partial charge < -0.3 is 9.59 Å². The molecular weight excluding hydrogens is 154 g/mol. The van der Waals surface area contributed by atoms with Gasteiger partial charge in [0, 0.05) is 12.8 Å². The number of carboxylic acid groups (broad SMARTS) is 1. The highest BCUT2D eigenvalue weighted by Gasteiger charge is 2.47. The van der Waals surface area contributed by atoms with Crippen LogP contribution in [-0.4, -0.2) is 42.2 Å². The number of nitrogens with zero attached hydrogens (tertiary/aromatic N) is 1. The van der Waals surface area contributed by atoms with E-state index >= 15 is 0 Å². The van der Waals surface area contributed by atoms with Crippen LogP contribution in [-0.2, 0) is 4.79 Å². The lowest BCUT2D eigenvalue weighted by Crippen LogP contribution is -2.61. The van der Waals surface area contributed by atoms with Crippen LogP contribution in [0.15, 0.2) is 0 Å². The zero-order valence-electron chi connectivity index (χ0n) is 8.72. The van der Waals surface area contributed by atoms with E-state index in [2.05, 4.69) is 0 Å². The summed E-state index contributed by atoms with van der Waals surface area (Å²) in [5, 5.41) is 9.14. The first kappa shape index (κ1) is 11.4. The molecule has 0 bridgehead atoms. The topological polar surface area (TPSA) is 37.3 Å². The monoisotopic (exact) mass is 174 g/mol. The second kappa shape index (κ2) is 3.44. The zero-order chi connectivity index (χ0) is 9.99. The standard InChI is InChI=1S/C9H19NO2/c1-6-9(7-2,8(11)12)10(3,4)5/h6-7H2,1-5H3/p+1. The normalized spacial score (nSPS) is 13.1. The van der Waals surface area contributed by atoms with E-state index < -0.39 is 11.5 Å². The molecule has 0 amide bonds. The van der Waals surface area contributed by atoms with Crippen molar-refractivity contribution in [2.45, 2.75) is 32.2 Å². The summed E-state index contributed by atoms with van der Waals surface area (Å²) < 4.78 is 0.481. The molecule has 0 rings (SSSR count). The van der Waals surface area contributed by atoms with E-state index in [-0.39, 0.29) is 0 Å². The fourth-order valence-corrected chi connectivity index (χ4v) is 1.79. The number of carboxylic acids is 1. The van der Waals surface area contributed by atoms with E-state index in [1.807, 2.05) is 35.0 Å². The Balaban J connectivity index is 4.97. The number of carbonyl (C=O) groups is 1. The van der Waals surface area contributed by atoms with Crippen LogP contribution in [0.25, 0.3) is 0 Å². The zero-order valence-corrected chi connectivity index (χ0v) is 8.72. The minimum Gasteiger partial charge on any atom is -0.477 e. The molecule has 0 spiro atoms. The molecule has 0 heterocycles. The maximum atomic E-state index is 11.1. The Labute approximate surface area is 74.6 Å². The van der Waals surface area contributed by atoms with E-state index in [4.69, 9.17) is 5.11 Å². The molecule has 0 aromatic carbocycles. The molecule has 72 valence electrons. The first-order valence-corrected chi connectivity index (χ1v) is 4.36. The van der Waals surface area contributed by atoms with E-state index in [1.54, 1.807) is 0 Å². The Morgan fingerprint density at radius 1 is 1.25 bits per heavy atom. The largest absolute Gasteiger partial charge is 0.477 e. The number of rotatable bonds is 4. The van der Waals surface area contributed by atoms with Crippen molar-refractivity contribution in [3.05, 3.63) is 0 Å². The molecule has 0 saturated heterocycles. The first-order chi connectivity index (χ1) is 5.31. The molecule has 0 fully saturated rings. The molecular formula is C9H20NO2+. The second-order valence-electron chi connectivity index (χ2n) is 4.06. The summed E-state index contributed by atoms with van der Waals surface area (Å²) in [6, 6.07) is 0. The van der Waals surface area contributed by atoms with Gasteiger partial charge in [-0.2, -0.15) is 0 Å². The minimum absolute atomic E-state index is 0.481. The molecule has 0 aromatic heterocycles. The Kier molecular flexibility index (Phi) is 3.27. The molecule has 0 atom stereocenters. The highest BCUT2D eigenvalue weighted by molar-refractivity contribution is 5.77. The average Bonchev–Trinajstić information content (AvgIpc) is 1.87. The number of aliphatic carboxylic acids is 1. The molecule has 0 aliphatic rings. The lowest BCUT2D eigenvalue weighted by Gasteiger charge is -2.41. The van der Waals surface area contributed by atoms with Crippen LogP contribution >= 0.6 is 0 Å². The van der Waals surface area contributed by atoms with Gasteiger partial charge in [0.2, 0.25) is 0 Å². The Morgan fingerprint density at radius 2 is 1.58 bits per heavy atom. The van der Waals surface area contributed by atoms with Crippen LogP contribution in [0, 0.1) is 0 Å². The van der Waals surface area contributed by atoms with Gasteiger partial charge in [0.05, 0.1) is 21.1 Å². The van der Waals surface area contributed by atoms with Crippen molar-refractivity contribution in [2.75, 3.05) is 21.1 Å². The molecule has 1 N–H and O–H groups in total. The quantitative estimate of drug-likeness (QED) is 0.653.